The van der Waals surface area contributed by atoms with Gasteiger partial charge in [0.1, 0.15) is 0 Å². The predicted molar refractivity (Wildman–Crippen MR) is 43.4 cm³/mol. The van der Waals surface area contributed by atoms with E-state index in [4.69, 9.17) is 0 Å². The second kappa shape index (κ2) is 3.30. The lowest BCUT2D eigenvalue weighted by Gasteiger charge is -1.97. The number of thiophene rings is 1. The van der Waals surface area contributed by atoms with Crippen molar-refractivity contribution in [1.82, 2.24) is 0 Å². The van der Waals surface area contributed by atoms with Crippen LogP contribution in [0.3, 0.4) is 0 Å². The van der Waals surface area contributed by atoms with Gasteiger partial charge in [0.15, 0.2) is 0 Å². The molecule has 1 aromatic rings. The summed E-state index contributed by atoms with van der Waals surface area (Å²) in [5.41, 5.74) is 1.00. The van der Waals surface area contributed by atoms with Gasteiger partial charge in [0.2, 0.25) is 0 Å². The van der Waals surface area contributed by atoms with Crippen LogP contribution >= 0.6 is 11.3 Å². The molecule has 1 aromatic heterocycles. The fourth-order valence-corrected chi connectivity index (χ4v) is 1.70. The third-order valence-corrected chi connectivity index (χ3v) is 2.48. The molecule has 0 radical (unpaired) electrons. The summed E-state index contributed by atoms with van der Waals surface area (Å²) >= 11 is 1.14. The first-order chi connectivity index (χ1) is 5.11. The molecule has 0 spiro atoms. The van der Waals surface area contributed by atoms with Crippen molar-refractivity contribution in [3.05, 3.63) is 21.9 Å². The zero-order valence-electron chi connectivity index (χ0n) is 6.47. The number of hydrogen-bond acceptors (Lipinski definition) is 1. The average Bonchev–Trinajstić information content (AvgIpc) is 2.33. The van der Waals surface area contributed by atoms with Crippen molar-refractivity contribution in [3.8, 4) is 0 Å². The molecule has 0 amide bonds. The van der Waals surface area contributed by atoms with Crippen LogP contribution in [-0.2, 0) is 0 Å². The molecule has 0 saturated heterocycles. The van der Waals surface area contributed by atoms with Gasteiger partial charge in [-0.05, 0) is 22.9 Å². The molecule has 0 aliphatic rings. The second-order valence-corrected chi connectivity index (χ2v) is 3.68. The van der Waals surface area contributed by atoms with E-state index in [9.17, 15) is 8.78 Å². The summed E-state index contributed by atoms with van der Waals surface area (Å²) < 4.78 is 24.1. The molecule has 0 aliphatic carbocycles. The lowest BCUT2D eigenvalue weighted by molar-refractivity contribution is 0.155. The summed E-state index contributed by atoms with van der Waals surface area (Å²) in [5.74, 6) is 0.346. The zero-order valence-corrected chi connectivity index (χ0v) is 7.29. The van der Waals surface area contributed by atoms with E-state index >= 15 is 0 Å². The van der Waals surface area contributed by atoms with E-state index < -0.39 is 6.43 Å². The van der Waals surface area contributed by atoms with Crippen molar-refractivity contribution in [3.63, 3.8) is 0 Å². The van der Waals surface area contributed by atoms with Gasteiger partial charge in [-0.3, -0.25) is 0 Å². The Morgan fingerprint density at radius 1 is 1.36 bits per heavy atom. The second-order valence-electron chi connectivity index (χ2n) is 2.74. The molecule has 11 heavy (non-hydrogen) atoms. The Kier molecular flexibility index (Phi) is 2.60. The van der Waals surface area contributed by atoms with Crippen LogP contribution < -0.4 is 0 Å². The van der Waals surface area contributed by atoms with Crippen LogP contribution in [0.25, 0.3) is 0 Å². The van der Waals surface area contributed by atoms with E-state index in [1.54, 1.807) is 11.4 Å². The largest absolute Gasteiger partial charge is 0.272 e. The standard InChI is InChI=1S/C8H10F2S/c1-5(2)6-3-7(8(9)10)11-4-6/h3-5,8H,1-2H3. The first kappa shape index (κ1) is 8.65. The lowest BCUT2D eigenvalue weighted by Crippen LogP contribution is -1.81. The summed E-state index contributed by atoms with van der Waals surface area (Å²) in [7, 11) is 0. The van der Waals surface area contributed by atoms with Gasteiger partial charge in [-0.25, -0.2) is 8.78 Å². The van der Waals surface area contributed by atoms with Crippen LogP contribution in [0.15, 0.2) is 11.4 Å². The fraction of sp³-hybridized carbons (Fsp3) is 0.500. The van der Waals surface area contributed by atoms with Gasteiger partial charge >= 0.3 is 0 Å². The zero-order chi connectivity index (χ0) is 8.43. The summed E-state index contributed by atoms with van der Waals surface area (Å²) in [6, 6.07) is 1.58. The highest BCUT2D eigenvalue weighted by Gasteiger charge is 2.10. The highest BCUT2D eigenvalue weighted by atomic mass is 32.1. The van der Waals surface area contributed by atoms with Crippen molar-refractivity contribution in [2.75, 3.05) is 0 Å². The molecule has 1 heterocycles. The van der Waals surface area contributed by atoms with Crippen LogP contribution in [0, 0.1) is 0 Å². The Bertz CT molecular complexity index is 205. The number of alkyl halides is 2. The van der Waals surface area contributed by atoms with Gasteiger partial charge < -0.3 is 0 Å². The third kappa shape index (κ3) is 1.99. The first-order valence-electron chi connectivity index (χ1n) is 3.47. The van der Waals surface area contributed by atoms with Crippen LogP contribution in [0.4, 0.5) is 8.78 Å². The highest BCUT2D eigenvalue weighted by Crippen LogP contribution is 2.29. The molecule has 0 fully saturated rings. The van der Waals surface area contributed by atoms with Gasteiger partial charge in [0.25, 0.3) is 6.43 Å². The molecule has 0 nitrogen and oxygen atoms in total. The molecule has 0 N–H and O–H groups in total. The Labute approximate surface area is 68.9 Å². The smallest absolute Gasteiger partial charge is 0.204 e. The van der Waals surface area contributed by atoms with Crippen molar-refractivity contribution < 1.29 is 8.78 Å². The van der Waals surface area contributed by atoms with Crippen molar-refractivity contribution in [1.29, 1.82) is 0 Å². The number of halogens is 2. The van der Waals surface area contributed by atoms with E-state index in [-0.39, 0.29) is 4.88 Å². The Hall–Kier alpha value is -0.440. The molecule has 0 aliphatic heterocycles. The van der Waals surface area contributed by atoms with E-state index in [0.717, 1.165) is 16.9 Å². The SMILES string of the molecule is CC(C)c1csc(C(F)F)c1. The van der Waals surface area contributed by atoms with Crippen LogP contribution in [0.2, 0.25) is 0 Å². The quantitative estimate of drug-likeness (QED) is 0.642. The van der Waals surface area contributed by atoms with Gasteiger partial charge in [-0.2, -0.15) is 0 Å². The van der Waals surface area contributed by atoms with E-state index in [0.29, 0.717) is 5.92 Å². The maximum absolute atomic E-state index is 12.1. The van der Waals surface area contributed by atoms with E-state index in [2.05, 4.69) is 0 Å². The molecule has 0 unspecified atom stereocenters. The van der Waals surface area contributed by atoms with Crippen molar-refractivity contribution in [2.45, 2.75) is 26.2 Å². The molecule has 1 rings (SSSR count). The maximum atomic E-state index is 12.1. The summed E-state index contributed by atoms with van der Waals surface area (Å²) in [6.07, 6.45) is -2.31. The van der Waals surface area contributed by atoms with Crippen molar-refractivity contribution >= 4 is 11.3 Å². The Morgan fingerprint density at radius 3 is 2.27 bits per heavy atom. The van der Waals surface area contributed by atoms with Crippen LogP contribution in [-0.4, -0.2) is 0 Å². The van der Waals surface area contributed by atoms with E-state index in [1.165, 1.54) is 0 Å². The molecule has 0 bridgehead atoms. The topological polar surface area (TPSA) is 0 Å². The lowest BCUT2D eigenvalue weighted by atomic mass is 10.1. The summed E-state index contributed by atoms with van der Waals surface area (Å²) in [5, 5.41) is 1.80. The average molecular weight is 176 g/mol. The molecule has 3 heteroatoms. The molecular weight excluding hydrogens is 166 g/mol. The predicted octanol–water partition coefficient (Wildman–Crippen LogP) is 3.81. The molecule has 0 saturated carbocycles. The number of hydrogen-bond donors (Lipinski definition) is 0. The monoisotopic (exact) mass is 176 g/mol. The minimum absolute atomic E-state index is 0.175. The molecule has 0 atom stereocenters. The van der Waals surface area contributed by atoms with Crippen molar-refractivity contribution in [2.24, 2.45) is 0 Å². The molecule has 0 aromatic carbocycles. The Balaban J connectivity index is 2.82. The maximum Gasteiger partial charge on any atom is 0.272 e. The number of rotatable bonds is 2. The molecule has 62 valence electrons. The fourth-order valence-electron chi connectivity index (χ4n) is 0.786. The van der Waals surface area contributed by atoms with Gasteiger partial charge in [-0.15, -0.1) is 11.3 Å². The summed E-state index contributed by atoms with van der Waals surface area (Å²) in [6.45, 7) is 3.99. The van der Waals surface area contributed by atoms with Gasteiger partial charge in [0.05, 0.1) is 4.88 Å². The van der Waals surface area contributed by atoms with E-state index in [1.807, 2.05) is 13.8 Å². The Morgan fingerprint density at radius 2 is 2.00 bits per heavy atom. The van der Waals surface area contributed by atoms with Crippen LogP contribution in [0.1, 0.15) is 36.6 Å². The minimum atomic E-state index is -2.31. The van der Waals surface area contributed by atoms with Gasteiger partial charge in [-0.1, -0.05) is 13.8 Å². The first-order valence-corrected chi connectivity index (χ1v) is 4.35. The third-order valence-electron chi connectivity index (χ3n) is 1.52. The summed E-state index contributed by atoms with van der Waals surface area (Å²) in [4.78, 5) is 0.175. The molecular formula is C8H10F2S. The van der Waals surface area contributed by atoms with Gasteiger partial charge in [0, 0.05) is 0 Å². The minimum Gasteiger partial charge on any atom is -0.204 e. The van der Waals surface area contributed by atoms with Crippen LogP contribution in [0.5, 0.6) is 0 Å². The normalized spacial score (nSPS) is 11.5. The highest BCUT2D eigenvalue weighted by molar-refractivity contribution is 7.10.